The van der Waals surface area contributed by atoms with E-state index in [1.807, 2.05) is 0 Å². The van der Waals surface area contributed by atoms with Gasteiger partial charge in [0.1, 0.15) is 5.69 Å². The summed E-state index contributed by atoms with van der Waals surface area (Å²) in [4.78, 5) is 23.7. The lowest BCUT2D eigenvalue weighted by molar-refractivity contribution is 0.0681. The number of hydrogen-bond acceptors (Lipinski definition) is 6. The second-order valence-corrected chi connectivity index (χ2v) is 5.65. The van der Waals surface area contributed by atoms with Crippen LogP contribution in [0.25, 0.3) is 11.5 Å². The first-order valence-electron chi connectivity index (χ1n) is 7.48. The Kier molecular flexibility index (Phi) is 4.75. The van der Waals surface area contributed by atoms with Gasteiger partial charge in [-0.25, -0.2) is 13.8 Å². The van der Waals surface area contributed by atoms with Gasteiger partial charge in [0.25, 0.3) is 12.0 Å². The number of aromatic amines is 1. The molecule has 0 bridgehead atoms. The first-order valence-corrected chi connectivity index (χ1v) is 7.48. The molecule has 23 heavy (non-hydrogen) atoms. The molecule has 1 fully saturated rings. The maximum absolute atomic E-state index is 12.4. The first-order chi connectivity index (χ1) is 11.1. The second-order valence-electron chi connectivity index (χ2n) is 5.65. The lowest BCUT2D eigenvalue weighted by atomic mass is 9.93. The Bertz CT molecular complexity index is 694. The minimum absolute atomic E-state index is 0.161. The van der Waals surface area contributed by atoms with Gasteiger partial charge in [-0.3, -0.25) is 9.69 Å². The molecule has 0 unspecified atom stereocenters. The summed E-state index contributed by atoms with van der Waals surface area (Å²) >= 11 is 0. The number of halogens is 2. The van der Waals surface area contributed by atoms with E-state index < -0.39 is 6.43 Å². The van der Waals surface area contributed by atoms with Gasteiger partial charge < -0.3 is 9.51 Å². The Morgan fingerprint density at radius 1 is 1.39 bits per heavy atom. The molecular weight excluding hydrogens is 308 g/mol. The van der Waals surface area contributed by atoms with E-state index in [1.54, 1.807) is 4.90 Å². The van der Waals surface area contributed by atoms with Crippen molar-refractivity contribution < 1.29 is 13.3 Å². The molecule has 1 N–H and O–H groups in total. The summed E-state index contributed by atoms with van der Waals surface area (Å²) in [5.41, 5.74) is 0.0725. The fourth-order valence-corrected chi connectivity index (χ4v) is 2.75. The monoisotopic (exact) mass is 325 g/mol. The van der Waals surface area contributed by atoms with Gasteiger partial charge in [-0.1, -0.05) is 5.16 Å². The van der Waals surface area contributed by atoms with E-state index in [0.29, 0.717) is 37.0 Å². The third-order valence-electron chi connectivity index (χ3n) is 3.94. The molecule has 2 aromatic rings. The molecule has 1 saturated heterocycles. The van der Waals surface area contributed by atoms with Gasteiger partial charge in [0, 0.05) is 12.5 Å². The lowest BCUT2D eigenvalue weighted by Gasteiger charge is -2.30. The van der Waals surface area contributed by atoms with Crippen molar-refractivity contribution in [3.05, 3.63) is 28.6 Å². The Balaban J connectivity index is 1.57. The number of hydrogen-bond donors (Lipinski definition) is 1. The summed E-state index contributed by atoms with van der Waals surface area (Å²) < 4.78 is 29.9. The number of nitrogens with one attached hydrogen (secondary N) is 1. The lowest BCUT2D eigenvalue weighted by Crippen LogP contribution is -2.37. The van der Waals surface area contributed by atoms with Gasteiger partial charge in [0.05, 0.1) is 12.9 Å². The van der Waals surface area contributed by atoms with Gasteiger partial charge in [0.2, 0.25) is 11.7 Å². The van der Waals surface area contributed by atoms with Crippen LogP contribution in [-0.4, -0.2) is 51.1 Å². The summed E-state index contributed by atoms with van der Waals surface area (Å²) in [6.07, 6.45) is 1.26. The van der Waals surface area contributed by atoms with Crippen molar-refractivity contribution in [1.29, 1.82) is 0 Å². The molecule has 0 amide bonds. The minimum atomic E-state index is -2.29. The van der Waals surface area contributed by atoms with E-state index in [-0.39, 0.29) is 17.9 Å². The van der Waals surface area contributed by atoms with Crippen molar-refractivity contribution in [1.82, 2.24) is 25.0 Å². The summed E-state index contributed by atoms with van der Waals surface area (Å²) in [6.45, 7) is 1.16. The normalized spacial score (nSPS) is 17.0. The van der Waals surface area contributed by atoms with Gasteiger partial charge in [-0.2, -0.15) is 4.98 Å². The number of nitrogens with zero attached hydrogens (tertiary/aromatic N) is 4. The highest BCUT2D eigenvalue weighted by molar-refractivity contribution is 5.46. The summed E-state index contributed by atoms with van der Waals surface area (Å²) in [5.74, 6) is 1.10. The van der Waals surface area contributed by atoms with E-state index in [9.17, 15) is 13.6 Å². The largest absolute Gasteiger partial charge is 0.339 e. The Labute approximate surface area is 130 Å². The molecule has 1 aliphatic heterocycles. The molecule has 0 aromatic carbocycles. The maximum Gasteiger partial charge on any atom is 0.251 e. The molecule has 3 heterocycles. The summed E-state index contributed by atoms with van der Waals surface area (Å²) in [5, 5.41) is 3.84. The Hall–Kier alpha value is -2.16. The number of piperidine rings is 1. The quantitative estimate of drug-likeness (QED) is 0.892. The number of likely N-dealkylation sites (tertiary alicyclic amines) is 1. The zero-order valence-corrected chi connectivity index (χ0v) is 12.4. The molecular formula is C14H17F2N5O2. The van der Waals surface area contributed by atoms with Crippen LogP contribution in [0.1, 0.15) is 18.7 Å². The zero-order chi connectivity index (χ0) is 16.2. The summed E-state index contributed by atoms with van der Waals surface area (Å²) in [6, 6.07) is 1.30. The molecule has 0 radical (unpaired) electrons. The molecule has 1 aliphatic rings. The third kappa shape index (κ3) is 4.19. The smallest absolute Gasteiger partial charge is 0.251 e. The molecule has 2 aromatic heterocycles. The van der Waals surface area contributed by atoms with E-state index in [4.69, 9.17) is 4.52 Å². The number of rotatable bonds is 5. The molecule has 124 valence electrons. The van der Waals surface area contributed by atoms with Crippen molar-refractivity contribution in [2.45, 2.75) is 25.7 Å². The highest BCUT2D eigenvalue weighted by Gasteiger charge is 2.23. The van der Waals surface area contributed by atoms with Gasteiger partial charge in [0.15, 0.2) is 0 Å². The summed E-state index contributed by atoms with van der Waals surface area (Å²) in [7, 11) is 0. The van der Waals surface area contributed by atoms with Crippen LogP contribution in [0.2, 0.25) is 0 Å². The van der Waals surface area contributed by atoms with Gasteiger partial charge in [-0.05, 0) is 31.8 Å². The first kappa shape index (κ1) is 15.7. The van der Waals surface area contributed by atoms with Crippen LogP contribution in [0.3, 0.4) is 0 Å². The SMILES string of the molecule is O=c1cc(-c2noc(CC3CCN(CC(F)F)CC3)n2)nc[nH]1. The Morgan fingerprint density at radius 3 is 2.87 bits per heavy atom. The van der Waals surface area contributed by atoms with Crippen molar-refractivity contribution in [3.8, 4) is 11.5 Å². The van der Waals surface area contributed by atoms with Crippen molar-refractivity contribution in [2.24, 2.45) is 5.92 Å². The van der Waals surface area contributed by atoms with E-state index in [0.717, 1.165) is 12.8 Å². The number of H-pyrrole nitrogens is 1. The second kappa shape index (κ2) is 6.95. The maximum atomic E-state index is 12.4. The third-order valence-corrected chi connectivity index (χ3v) is 3.94. The van der Waals surface area contributed by atoms with Crippen molar-refractivity contribution in [2.75, 3.05) is 19.6 Å². The molecule has 3 rings (SSSR count). The predicted molar refractivity (Wildman–Crippen MR) is 77.0 cm³/mol. The van der Waals surface area contributed by atoms with Crippen LogP contribution in [0, 0.1) is 5.92 Å². The zero-order valence-electron chi connectivity index (χ0n) is 12.4. The van der Waals surface area contributed by atoms with Crippen LogP contribution in [0.4, 0.5) is 8.78 Å². The highest BCUT2D eigenvalue weighted by atomic mass is 19.3. The average Bonchev–Trinajstić information content (AvgIpc) is 2.97. The van der Waals surface area contributed by atoms with Crippen LogP contribution >= 0.6 is 0 Å². The molecule has 0 atom stereocenters. The van der Waals surface area contributed by atoms with Crippen LogP contribution in [-0.2, 0) is 6.42 Å². The Morgan fingerprint density at radius 2 is 2.17 bits per heavy atom. The van der Waals surface area contributed by atoms with Crippen molar-refractivity contribution in [3.63, 3.8) is 0 Å². The van der Waals surface area contributed by atoms with E-state index in [1.165, 1.54) is 12.4 Å². The predicted octanol–water partition coefficient (Wildman–Crippen LogP) is 1.34. The van der Waals surface area contributed by atoms with Crippen LogP contribution in [0.5, 0.6) is 0 Å². The van der Waals surface area contributed by atoms with Gasteiger partial charge >= 0.3 is 0 Å². The van der Waals surface area contributed by atoms with Crippen LogP contribution < -0.4 is 5.56 Å². The number of alkyl halides is 2. The average molecular weight is 325 g/mol. The molecule has 0 saturated carbocycles. The van der Waals surface area contributed by atoms with Crippen LogP contribution in [0.15, 0.2) is 21.7 Å². The van der Waals surface area contributed by atoms with Crippen molar-refractivity contribution >= 4 is 0 Å². The molecule has 0 spiro atoms. The van der Waals surface area contributed by atoms with E-state index in [2.05, 4.69) is 20.1 Å². The van der Waals surface area contributed by atoms with E-state index >= 15 is 0 Å². The molecule has 9 heteroatoms. The fraction of sp³-hybridized carbons (Fsp3) is 0.571. The standard InChI is InChI=1S/C14H17F2N5O2/c15-11(16)7-21-3-1-9(2-4-21)5-13-19-14(20-23-13)10-6-12(22)18-8-17-10/h6,8-9,11H,1-5,7H2,(H,17,18,22). The molecule has 0 aliphatic carbocycles. The number of aromatic nitrogens is 4. The topological polar surface area (TPSA) is 87.9 Å². The molecule has 7 nitrogen and oxygen atoms in total. The highest BCUT2D eigenvalue weighted by Crippen LogP contribution is 2.22. The fourth-order valence-electron chi connectivity index (χ4n) is 2.75. The van der Waals surface area contributed by atoms with Gasteiger partial charge in [-0.15, -0.1) is 0 Å². The minimum Gasteiger partial charge on any atom is -0.339 e.